The highest BCUT2D eigenvalue weighted by atomic mass is 16.3. The molecule has 0 fully saturated rings. The topological polar surface area (TPSA) is 65.0 Å². The number of rotatable bonds is 4. The molecule has 3 heterocycles. The molecule has 0 unspecified atom stereocenters. The highest BCUT2D eigenvalue weighted by Crippen LogP contribution is 2.65. The standard InChI is InChI=1S/C57H35N3O2/c1-2-14-33(15-3-1)54-58-55(40-20-12-26-50-52(40)39-19-7-11-25-48(39)61-50)60-56(59-54)41-21-13-27-51-53(41)43-30-34(28-29-49(43)62-51)35-31-42-38-18-6-10-24-46(38)57(47(42)32-35)44-22-8-4-16-36(44)37-17-5-9-23-45(37)57/h1-11,13-25,27-30,32H,12,26,31H2. The quantitative estimate of drug-likeness (QED) is 0.178. The predicted octanol–water partition coefficient (Wildman–Crippen LogP) is 13.8. The normalized spacial score (nSPS) is 15.5. The lowest BCUT2D eigenvalue weighted by Crippen LogP contribution is -2.26. The number of hydrogen-bond acceptors (Lipinski definition) is 5. The molecule has 0 saturated heterocycles. The summed E-state index contributed by atoms with van der Waals surface area (Å²) in [6, 6.07) is 58.4. The van der Waals surface area contributed by atoms with Crippen LogP contribution in [-0.4, -0.2) is 15.0 Å². The first-order chi connectivity index (χ1) is 30.7. The molecule has 1 spiro atoms. The molecule has 62 heavy (non-hydrogen) atoms. The first-order valence-corrected chi connectivity index (χ1v) is 21.4. The number of fused-ring (bicyclic) bond motifs is 15. The van der Waals surface area contributed by atoms with Crippen molar-refractivity contribution in [3.05, 3.63) is 226 Å². The van der Waals surface area contributed by atoms with Gasteiger partial charge in [-0.25, -0.2) is 15.0 Å². The van der Waals surface area contributed by atoms with Gasteiger partial charge in [0.15, 0.2) is 17.5 Å². The van der Waals surface area contributed by atoms with Gasteiger partial charge in [-0.05, 0) is 92.8 Å². The number of furan rings is 2. The monoisotopic (exact) mass is 793 g/mol. The van der Waals surface area contributed by atoms with Crippen molar-refractivity contribution in [2.45, 2.75) is 24.7 Å². The van der Waals surface area contributed by atoms with Crippen LogP contribution in [0.5, 0.6) is 0 Å². The van der Waals surface area contributed by atoms with Crippen molar-refractivity contribution in [2.75, 3.05) is 0 Å². The fourth-order valence-electron chi connectivity index (χ4n) is 11.2. The van der Waals surface area contributed by atoms with E-state index in [0.717, 1.165) is 80.2 Å². The second-order valence-corrected chi connectivity index (χ2v) is 16.8. The summed E-state index contributed by atoms with van der Waals surface area (Å²) < 4.78 is 13.0. The van der Waals surface area contributed by atoms with Crippen molar-refractivity contribution in [1.82, 2.24) is 15.0 Å². The van der Waals surface area contributed by atoms with Crippen molar-refractivity contribution in [3.8, 4) is 33.9 Å². The van der Waals surface area contributed by atoms with Gasteiger partial charge in [0.2, 0.25) is 0 Å². The van der Waals surface area contributed by atoms with Crippen molar-refractivity contribution < 1.29 is 8.83 Å². The van der Waals surface area contributed by atoms with E-state index in [1.165, 1.54) is 55.7 Å². The summed E-state index contributed by atoms with van der Waals surface area (Å²) in [6.07, 6.45) is 7.28. The van der Waals surface area contributed by atoms with Crippen LogP contribution in [0.2, 0.25) is 0 Å². The molecule has 4 aliphatic rings. The van der Waals surface area contributed by atoms with Crippen LogP contribution in [0.4, 0.5) is 0 Å². The number of benzene rings is 7. The molecule has 7 aromatic carbocycles. The van der Waals surface area contributed by atoms with Crippen LogP contribution < -0.4 is 0 Å². The summed E-state index contributed by atoms with van der Waals surface area (Å²) in [6.45, 7) is 0. The number of allylic oxidation sites excluding steroid dienone is 5. The Balaban J connectivity index is 0.940. The van der Waals surface area contributed by atoms with Gasteiger partial charge < -0.3 is 8.83 Å². The number of nitrogens with zero attached hydrogens (tertiary/aromatic N) is 3. The second-order valence-electron chi connectivity index (χ2n) is 16.8. The Morgan fingerprint density at radius 2 is 1.13 bits per heavy atom. The summed E-state index contributed by atoms with van der Waals surface area (Å²) in [5.74, 6) is 2.83. The largest absolute Gasteiger partial charge is 0.460 e. The van der Waals surface area contributed by atoms with E-state index >= 15 is 0 Å². The third kappa shape index (κ3) is 4.54. The van der Waals surface area contributed by atoms with E-state index in [1.54, 1.807) is 0 Å². The van der Waals surface area contributed by atoms with E-state index in [0.29, 0.717) is 17.5 Å². The average molecular weight is 794 g/mol. The van der Waals surface area contributed by atoms with E-state index in [1.807, 2.05) is 42.5 Å². The van der Waals surface area contributed by atoms with Crippen LogP contribution in [0.25, 0.3) is 83.5 Å². The van der Waals surface area contributed by atoms with Crippen LogP contribution in [0.15, 0.2) is 190 Å². The molecule has 4 aliphatic carbocycles. The molecule has 0 saturated carbocycles. The van der Waals surface area contributed by atoms with E-state index in [4.69, 9.17) is 23.8 Å². The van der Waals surface area contributed by atoms with E-state index < -0.39 is 0 Å². The van der Waals surface area contributed by atoms with Gasteiger partial charge in [0, 0.05) is 44.8 Å². The minimum atomic E-state index is -0.357. The van der Waals surface area contributed by atoms with Gasteiger partial charge in [-0.1, -0.05) is 152 Å². The van der Waals surface area contributed by atoms with Crippen LogP contribution in [0, 0.1) is 0 Å². The second kappa shape index (κ2) is 12.6. The lowest BCUT2D eigenvalue weighted by atomic mass is 9.69. The molecule has 0 atom stereocenters. The summed E-state index contributed by atoms with van der Waals surface area (Å²) in [5.41, 5.74) is 19.4. The minimum Gasteiger partial charge on any atom is -0.460 e. The van der Waals surface area contributed by atoms with E-state index in [-0.39, 0.29) is 5.41 Å². The Labute approximate surface area is 357 Å². The first kappa shape index (κ1) is 33.9. The van der Waals surface area contributed by atoms with Crippen molar-refractivity contribution in [1.29, 1.82) is 0 Å². The third-order valence-electron chi connectivity index (χ3n) is 13.7. The van der Waals surface area contributed by atoms with Gasteiger partial charge in [0.1, 0.15) is 22.5 Å². The molecule has 0 N–H and O–H groups in total. The zero-order chi connectivity index (χ0) is 40.5. The number of aromatic nitrogens is 3. The maximum Gasteiger partial charge on any atom is 0.164 e. The molecule has 0 bridgehead atoms. The minimum absolute atomic E-state index is 0.357. The molecule has 14 rings (SSSR count). The Morgan fingerprint density at radius 3 is 1.95 bits per heavy atom. The fourth-order valence-corrected chi connectivity index (χ4v) is 11.2. The van der Waals surface area contributed by atoms with Crippen LogP contribution in [0.1, 0.15) is 57.8 Å². The Morgan fingerprint density at radius 1 is 0.484 bits per heavy atom. The van der Waals surface area contributed by atoms with Gasteiger partial charge in [0.05, 0.1) is 5.41 Å². The van der Waals surface area contributed by atoms with Gasteiger partial charge in [-0.3, -0.25) is 0 Å². The summed E-state index contributed by atoms with van der Waals surface area (Å²) >= 11 is 0. The van der Waals surface area contributed by atoms with Gasteiger partial charge in [-0.2, -0.15) is 0 Å². The smallest absolute Gasteiger partial charge is 0.164 e. The third-order valence-corrected chi connectivity index (χ3v) is 13.7. The molecule has 10 aromatic rings. The predicted molar refractivity (Wildman–Crippen MR) is 247 cm³/mol. The van der Waals surface area contributed by atoms with Crippen LogP contribution >= 0.6 is 0 Å². The average Bonchev–Trinajstić information content (AvgIpc) is 4.15. The molecular weight excluding hydrogens is 759 g/mol. The SMILES string of the molecule is C1=C(c2ccc3oc4cccc(-c5nc(C6=CCCc7oc8ccccc8c76)nc(-c6ccccc6)n5)c4c3c2)CC2=C1C1(c3ccccc32)c2ccccc2-c2ccccc21. The molecule has 5 heteroatoms. The molecule has 0 aliphatic heterocycles. The van der Waals surface area contributed by atoms with Crippen molar-refractivity contribution >= 4 is 49.6 Å². The summed E-state index contributed by atoms with van der Waals surface area (Å²) in [5, 5.41) is 3.10. The maximum atomic E-state index is 6.63. The zero-order valence-corrected chi connectivity index (χ0v) is 33.5. The summed E-state index contributed by atoms with van der Waals surface area (Å²) in [7, 11) is 0. The van der Waals surface area contributed by atoms with Gasteiger partial charge in [-0.15, -0.1) is 0 Å². The molecule has 3 aromatic heterocycles. The van der Waals surface area contributed by atoms with Crippen LogP contribution in [0.3, 0.4) is 0 Å². The number of hydrogen-bond donors (Lipinski definition) is 0. The van der Waals surface area contributed by atoms with Crippen molar-refractivity contribution in [3.63, 3.8) is 0 Å². The number of para-hydroxylation sites is 1. The molecule has 290 valence electrons. The molecule has 5 nitrogen and oxygen atoms in total. The zero-order valence-electron chi connectivity index (χ0n) is 33.5. The lowest BCUT2D eigenvalue weighted by Gasteiger charge is -2.31. The summed E-state index contributed by atoms with van der Waals surface area (Å²) in [4.78, 5) is 15.7. The lowest BCUT2D eigenvalue weighted by molar-refractivity contribution is 0.545. The molecular formula is C57H35N3O2. The fraction of sp³-hybridized carbons (Fsp3) is 0.0702. The van der Waals surface area contributed by atoms with Gasteiger partial charge in [0.25, 0.3) is 0 Å². The van der Waals surface area contributed by atoms with E-state index in [9.17, 15) is 0 Å². The van der Waals surface area contributed by atoms with Crippen molar-refractivity contribution in [2.24, 2.45) is 0 Å². The molecule has 0 amide bonds. The Kier molecular flexibility index (Phi) is 6.87. The number of aryl methyl sites for hydroxylation is 1. The van der Waals surface area contributed by atoms with E-state index in [2.05, 4.69) is 133 Å². The molecule has 0 radical (unpaired) electrons. The van der Waals surface area contributed by atoms with Gasteiger partial charge >= 0.3 is 0 Å². The highest BCUT2D eigenvalue weighted by molar-refractivity contribution is 6.13. The Hall–Kier alpha value is -7.89. The maximum absolute atomic E-state index is 6.63. The van der Waals surface area contributed by atoms with Crippen LogP contribution in [-0.2, 0) is 11.8 Å². The highest BCUT2D eigenvalue weighted by Gasteiger charge is 2.53. The first-order valence-electron chi connectivity index (χ1n) is 21.4. The Bertz CT molecular complexity index is 3630.